The highest BCUT2D eigenvalue weighted by Gasteiger charge is 2.47. The van der Waals surface area contributed by atoms with E-state index >= 15 is 0 Å². The van der Waals surface area contributed by atoms with Crippen LogP contribution in [0.4, 0.5) is 0 Å². The quantitative estimate of drug-likeness (QED) is 0.213. The third kappa shape index (κ3) is 5.86. The van der Waals surface area contributed by atoms with Crippen LogP contribution in [-0.2, 0) is 13.2 Å². The van der Waals surface area contributed by atoms with Gasteiger partial charge < -0.3 is 9.68 Å². The molecule has 41 heavy (non-hydrogen) atoms. The molecule has 6 rings (SSSR count). The molecule has 0 atom stereocenters. The Morgan fingerprint density at radius 2 is 0.756 bits per heavy atom. The molecule has 0 aliphatic heterocycles. The van der Waals surface area contributed by atoms with Gasteiger partial charge in [0.2, 0.25) is 7.41 Å². The van der Waals surface area contributed by atoms with Gasteiger partial charge >= 0.3 is 5.62 Å². The number of hydrogen-bond acceptors (Lipinski definition) is 3. The van der Waals surface area contributed by atoms with Gasteiger partial charge in [0, 0.05) is 0 Å². The van der Waals surface area contributed by atoms with Crippen molar-refractivity contribution in [2.75, 3.05) is 0 Å². The average molecular weight is 557 g/mol. The SMILES string of the molecule is c1ccc(COn2ccn(OCc3ccccc3)c2=N[P+](c2ccccc2)(c2ccccc2)c2ccccc2)cc1. The fourth-order valence-corrected chi connectivity index (χ4v) is 8.26. The highest BCUT2D eigenvalue weighted by molar-refractivity contribution is 7.94. The molecule has 1 aromatic heterocycles. The molecule has 0 N–H and O–H groups in total. The van der Waals surface area contributed by atoms with E-state index in [-0.39, 0.29) is 0 Å². The van der Waals surface area contributed by atoms with E-state index in [0.29, 0.717) is 18.8 Å². The lowest BCUT2D eigenvalue weighted by molar-refractivity contribution is 0.0515. The highest BCUT2D eigenvalue weighted by Crippen LogP contribution is 2.56. The van der Waals surface area contributed by atoms with Gasteiger partial charge in [-0.3, -0.25) is 0 Å². The van der Waals surface area contributed by atoms with Crippen LogP contribution < -0.4 is 31.2 Å². The first-order chi connectivity index (χ1) is 20.3. The maximum atomic E-state index is 6.35. The number of benzene rings is 5. The smallest absolute Gasteiger partial charge is 0.312 e. The van der Waals surface area contributed by atoms with Gasteiger partial charge in [-0.1, -0.05) is 120 Å². The molecular weight excluding hydrogens is 525 g/mol. The molecule has 0 aliphatic rings. The molecule has 5 nitrogen and oxygen atoms in total. The van der Waals surface area contributed by atoms with Gasteiger partial charge in [0.1, 0.15) is 29.1 Å². The lowest BCUT2D eigenvalue weighted by Crippen LogP contribution is -2.37. The van der Waals surface area contributed by atoms with Crippen molar-refractivity contribution in [2.24, 2.45) is 4.76 Å². The molecule has 0 saturated carbocycles. The average Bonchev–Trinajstić information content (AvgIpc) is 3.44. The second-order valence-corrected chi connectivity index (χ2v) is 12.5. The predicted octanol–water partition coefficient (Wildman–Crippen LogP) is 5.36. The number of rotatable bonds is 10. The van der Waals surface area contributed by atoms with E-state index in [0.717, 1.165) is 27.0 Å². The van der Waals surface area contributed by atoms with Crippen LogP contribution in [0.15, 0.2) is 169 Å². The Kier molecular flexibility index (Phi) is 8.07. The van der Waals surface area contributed by atoms with Crippen LogP contribution in [0.1, 0.15) is 11.1 Å². The minimum atomic E-state index is -2.56. The molecule has 1 heterocycles. The Bertz CT molecular complexity index is 1560. The lowest BCUT2D eigenvalue weighted by atomic mass is 10.2. The van der Waals surface area contributed by atoms with E-state index in [9.17, 15) is 0 Å². The minimum absolute atomic E-state index is 0.393. The highest BCUT2D eigenvalue weighted by atomic mass is 31.2. The summed E-state index contributed by atoms with van der Waals surface area (Å²) < 4.78 is 9.12. The Labute approximate surface area is 240 Å². The van der Waals surface area contributed by atoms with Crippen molar-refractivity contribution in [1.29, 1.82) is 0 Å². The lowest BCUT2D eigenvalue weighted by Gasteiger charge is -2.22. The monoisotopic (exact) mass is 556 g/mol. The standard InChI is InChI=1S/C35H31N3O2P/c1-6-16-30(17-7-1)28-39-37-26-27-38(40-29-31-18-8-2-9-19-31)35(37)36-41(32-20-10-3-11-21-32,33-22-12-4-13-23-33)34-24-14-5-15-25-34/h1-27H,28-29H2/q+1. The molecule has 0 fully saturated rings. The molecule has 5 aromatic carbocycles. The van der Waals surface area contributed by atoms with Crippen molar-refractivity contribution in [1.82, 2.24) is 9.46 Å². The number of imidazole rings is 1. The van der Waals surface area contributed by atoms with E-state index in [1.165, 1.54) is 0 Å². The first kappa shape index (κ1) is 26.4. The van der Waals surface area contributed by atoms with Crippen molar-refractivity contribution < 1.29 is 9.68 Å². The van der Waals surface area contributed by atoms with Crippen LogP contribution in [0.2, 0.25) is 0 Å². The Morgan fingerprint density at radius 3 is 1.10 bits per heavy atom. The maximum Gasteiger partial charge on any atom is 0.312 e. The van der Waals surface area contributed by atoms with Crippen LogP contribution >= 0.6 is 7.41 Å². The Balaban J connectivity index is 1.56. The molecule has 202 valence electrons. The van der Waals surface area contributed by atoms with Gasteiger partial charge in [-0.25, -0.2) is 0 Å². The molecule has 0 spiro atoms. The molecule has 0 saturated heterocycles. The largest absolute Gasteiger partial charge is 0.406 e. The van der Waals surface area contributed by atoms with Crippen molar-refractivity contribution >= 4 is 23.3 Å². The second-order valence-electron chi connectivity index (χ2n) is 9.51. The predicted molar refractivity (Wildman–Crippen MR) is 167 cm³/mol. The molecule has 0 amide bonds. The summed E-state index contributed by atoms with van der Waals surface area (Å²) in [5.74, 6) is 0. The zero-order valence-corrected chi connectivity index (χ0v) is 23.5. The van der Waals surface area contributed by atoms with E-state index in [4.69, 9.17) is 14.4 Å². The molecular formula is C35H31N3O2P+. The maximum absolute atomic E-state index is 6.35. The first-order valence-electron chi connectivity index (χ1n) is 13.6. The van der Waals surface area contributed by atoms with Gasteiger partial charge in [0.05, 0.1) is 12.4 Å². The van der Waals surface area contributed by atoms with Crippen molar-refractivity contribution in [3.05, 3.63) is 181 Å². The fraction of sp³-hybridized carbons (Fsp3) is 0.0571. The van der Waals surface area contributed by atoms with E-state index in [2.05, 4.69) is 97.1 Å². The van der Waals surface area contributed by atoms with Crippen LogP contribution in [0, 0.1) is 0 Å². The molecule has 0 bridgehead atoms. The van der Waals surface area contributed by atoms with Crippen molar-refractivity contribution in [3.8, 4) is 0 Å². The van der Waals surface area contributed by atoms with E-state index in [1.54, 1.807) is 9.46 Å². The minimum Gasteiger partial charge on any atom is -0.406 e. The van der Waals surface area contributed by atoms with Gasteiger partial charge in [-0.15, -0.1) is 9.46 Å². The van der Waals surface area contributed by atoms with E-state index < -0.39 is 7.41 Å². The summed E-state index contributed by atoms with van der Waals surface area (Å²) in [6.07, 6.45) is 3.73. The topological polar surface area (TPSA) is 40.7 Å². The summed E-state index contributed by atoms with van der Waals surface area (Å²) in [5, 5.41) is 3.42. The summed E-state index contributed by atoms with van der Waals surface area (Å²) in [6, 6.07) is 51.9. The summed E-state index contributed by atoms with van der Waals surface area (Å²) in [5.41, 5.74) is 2.71. The zero-order valence-electron chi connectivity index (χ0n) is 22.6. The summed E-state index contributed by atoms with van der Waals surface area (Å²) >= 11 is 0. The molecule has 6 aromatic rings. The second kappa shape index (κ2) is 12.5. The Hall–Kier alpha value is -4.86. The number of hydrogen-bond donors (Lipinski definition) is 0. The van der Waals surface area contributed by atoms with Crippen molar-refractivity contribution in [2.45, 2.75) is 13.2 Å². The molecule has 0 unspecified atom stereocenters. The third-order valence-corrected chi connectivity index (χ3v) is 10.4. The van der Waals surface area contributed by atoms with Crippen LogP contribution in [-0.4, -0.2) is 9.46 Å². The third-order valence-electron chi connectivity index (χ3n) is 6.79. The van der Waals surface area contributed by atoms with Crippen LogP contribution in [0.5, 0.6) is 0 Å². The first-order valence-corrected chi connectivity index (χ1v) is 15.3. The number of nitrogens with zero attached hydrogens (tertiary/aromatic N) is 3. The molecule has 0 radical (unpaired) electrons. The van der Waals surface area contributed by atoms with Gasteiger partial charge in [-0.05, 0) is 47.5 Å². The summed E-state index contributed by atoms with van der Waals surface area (Å²) in [6.45, 7) is 0.786. The Morgan fingerprint density at radius 1 is 0.439 bits per heavy atom. The zero-order chi connectivity index (χ0) is 27.7. The number of aromatic nitrogens is 2. The van der Waals surface area contributed by atoms with Crippen LogP contribution in [0.25, 0.3) is 0 Å². The van der Waals surface area contributed by atoms with Crippen molar-refractivity contribution in [3.63, 3.8) is 0 Å². The molecule has 0 aliphatic carbocycles. The fourth-order valence-electron chi connectivity index (χ4n) is 4.76. The summed E-state index contributed by atoms with van der Waals surface area (Å²) in [7, 11) is -2.56. The molecule has 6 heteroatoms. The van der Waals surface area contributed by atoms with Gasteiger partial charge in [0.25, 0.3) is 0 Å². The van der Waals surface area contributed by atoms with E-state index in [1.807, 2.05) is 67.0 Å². The van der Waals surface area contributed by atoms with Gasteiger partial charge in [-0.2, -0.15) is 0 Å². The van der Waals surface area contributed by atoms with Crippen LogP contribution in [0.3, 0.4) is 0 Å². The van der Waals surface area contributed by atoms with Gasteiger partial charge in [0.15, 0.2) is 0 Å². The normalized spacial score (nSPS) is 11.1. The summed E-state index contributed by atoms with van der Waals surface area (Å²) in [4.78, 5) is 12.7.